The lowest BCUT2D eigenvalue weighted by atomic mass is 10.5. The minimum Gasteiger partial charge on any atom is -0.439 e. The molecule has 0 atom stereocenters. The second kappa shape index (κ2) is 4.23. The highest BCUT2D eigenvalue weighted by Gasteiger charge is 2.02. The van der Waals surface area contributed by atoms with Crippen LogP contribution in [0.15, 0.2) is 16.5 Å². The molecule has 0 bridgehead atoms. The topological polar surface area (TPSA) is 38.9 Å². The van der Waals surface area contributed by atoms with Gasteiger partial charge in [0, 0.05) is 6.92 Å². The zero-order valence-electron chi connectivity index (χ0n) is 7.84. The van der Waals surface area contributed by atoms with E-state index in [4.69, 9.17) is 16.0 Å². The van der Waals surface area contributed by atoms with Gasteiger partial charge in [-0.3, -0.25) is 0 Å². The average molecular weight is 199 g/mol. The molecule has 0 saturated carbocycles. The van der Waals surface area contributed by atoms with Crippen LogP contribution in [0.3, 0.4) is 0 Å². The van der Waals surface area contributed by atoms with E-state index >= 15 is 0 Å². The summed E-state index contributed by atoms with van der Waals surface area (Å²) in [4.78, 5) is 7.97. The molecule has 2 heterocycles. The summed E-state index contributed by atoms with van der Waals surface area (Å²) in [5.74, 6) is 0.606. The van der Waals surface area contributed by atoms with Gasteiger partial charge in [0.2, 0.25) is 0 Å². The fourth-order valence-electron chi connectivity index (χ4n) is 0.903. The van der Waals surface area contributed by atoms with Crippen molar-refractivity contribution in [1.82, 2.24) is 9.97 Å². The SMILES string of the molecule is CC.Cc1nc2nc(Cl)ccc2o1. The molecule has 0 aliphatic heterocycles. The molecule has 70 valence electrons. The van der Waals surface area contributed by atoms with Gasteiger partial charge in [0.1, 0.15) is 5.15 Å². The van der Waals surface area contributed by atoms with Crippen LogP contribution >= 0.6 is 11.6 Å². The smallest absolute Gasteiger partial charge is 0.200 e. The largest absolute Gasteiger partial charge is 0.439 e. The van der Waals surface area contributed by atoms with Crippen LogP contribution in [-0.4, -0.2) is 9.97 Å². The second-order valence-corrected chi connectivity index (χ2v) is 2.58. The average Bonchev–Trinajstić information content (AvgIpc) is 2.48. The number of pyridine rings is 1. The van der Waals surface area contributed by atoms with E-state index in [1.807, 2.05) is 13.8 Å². The Morgan fingerprint density at radius 3 is 2.62 bits per heavy atom. The molecule has 13 heavy (non-hydrogen) atoms. The van der Waals surface area contributed by atoms with Crippen molar-refractivity contribution in [2.75, 3.05) is 0 Å². The van der Waals surface area contributed by atoms with Gasteiger partial charge in [0.05, 0.1) is 0 Å². The van der Waals surface area contributed by atoms with E-state index < -0.39 is 0 Å². The van der Waals surface area contributed by atoms with Gasteiger partial charge in [-0.05, 0) is 12.1 Å². The van der Waals surface area contributed by atoms with E-state index in [0.717, 1.165) is 0 Å². The van der Waals surface area contributed by atoms with Crippen LogP contribution in [0.4, 0.5) is 0 Å². The minimum absolute atomic E-state index is 0.436. The van der Waals surface area contributed by atoms with Crippen LogP contribution in [0.5, 0.6) is 0 Å². The van der Waals surface area contributed by atoms with Gasteiger partial charge < -0.3 is 4.42 Å². The van der Waals surface area contributed by atoms with Gasteiger partial charge in [-0.2, -0.15) is 4.98 Å². The van der Waals surface area contributed by atoms with Gasteiger partial charge in [0.15, 0.2) is 17.1 Å². The summed E-state index contributed by atoms with van der Waals surface area (Å²) in [5, 5.41) is 0.436. The van der Waals surface area contributed by atoms with Gasteiger partial charge in [-0.15, -0.1) is 0 Å². The highest BCUT2D eigenvalue weighted by atomic mass is 35.5. The van der Waals surface area contributed by atoms with Crippen LogP contribution in [-0.2, 0) is 0 Å². The molecule has 0 saturated heterocycles. The van der Waals surface area contributed by atoms with Crippen molar-refractivity contribution >= 4 is 22.8 Å². The molecule has 0 amide bonds. The third-order valence-corrected chi connectivity index (χ3v) is 1.54. The summed E-state index contributed by atoms with van der Waals surface area (Å²) in [6.07, 6.45) is 0. The highest BCUT2D eigenvalue weighted by Crippen LogP contribution is 2.15. The molecule has 0 fully saturated rings. The molecule has 4 heteroatoms. The molecule has 2 rings (SSSR count). The maximum atomic E-state index is 5.64. The molecular formula is C9H11ClN2O. The molecule has 0 unspecified atom stereocenters. The van der Waals surface area contributed by atoms with Crippen molar-refractivity contribution < 1.29 is 4.42 Å². The number of nitrogens with zero attached hydrogens (tertiary/aromatic N) is 2. The Balaban J connectivity index is 0.000000396. The van der Waals surface area contributed by atoms with Gasteiger partial charge >= 0.3 is 0 Å². The second-order valence-electron chi connectivity index (χ2n) is 2.19. The van der Waals surface area contributed by atoms with Crippen LogP contribution < -0.4 is 0 Å². The summed E-state index contributed by atoms with van der Waals surface area (Å²) in [6.45, 7) is 5.77. The fourth-order valence-corrected chi connectivity index (χ4v) is 1.05. The minimum atomic E-state index is 0.436. The number of hydrogen-bond acceptors (Lipinski definition) is 3. The zero-order valence-corrected chi connectivity index (χ0v) is 8.59. The lowest BCUT2D eigenvalue weighted by Gasteiger charge is -1.84. The lowest BCUT2D eigenvalue weighted by Crippen LogP contribution is -1.75. The Bertz CT molecular complexity index is 397. The summed E-state index contributed by atoms with van der Waals surface area (Å²) in [6, 6.07) is 3.43. The Morgan fingerprint density at radius 1 is 1.23 bits per heavy atom. The van der Waals surface area contributed by atoms with Crippen molar-refractivity contribution in [3.8, 4) is 0 Å². The first-order valence-electron chi connectivity index (χ1n) is 4.15. The maximum Gasteiger partial charge on any atom is 0.200 e. The monoisotopic (exact) mass is 198 g/mol. The van der Waals surface area contributed by atoms with Crippen molar-refractivity contribution in [2.45, 2.75) is 20.8 Å². The number of hydrogen-bond donors (Lipinski definition) is 0. The number of fused-ring (bicyclic) bond motifs is 1. The summed E-state index contributed by atoms with van der Waals surface area (Å²) in [5.41, 5.74) is 1.24. The summed E-state index contributed by atoms with van der Waals surface area (Å²) >= 11 is 5.64. The van der Waals surface area contributed by atoms with Crippen LogP contribution in [0.2, 0.25) is 5.15 Å². The summed E-state index contributed by atoms with van der Waals surface area (Å²) in [7, 11) is 0. The fraction of sp³-hybridized carbons (Fsp3) is 0.333. The number of halogens is 1. The zero-order chi connectivity index (χ0) is 9.84. The molecule has 0 N–H and O–H groups in total. The van der Waals surface area contributed by atoms with E-state index in [-0.39, 0.29) is 0 Å². The Kier molecular flexibility index (Phi) is 3.25. The third-order valence-electron chi connectivity index (χ3n) is 1.33. The van der Waals surface area contributed by atoms with Crippen LogP contribution in [0, 0.1) is 6.92 Å². The molecule has 0 aliphatic carbocycles. The van der Waals surface area contributed by atoms with E-state index in [9.17, 15) is 0 Å². The normalized spacial score (nSPS) is 9.54. The molecule has 0 radical (unpaired) electrons. The van der Waals surface area contributed by atoms with Gasteiger partial charge in [0.25, 0.3) is 0 Å². The predicted molar refractivity (Wildman–Crippen MR) is 52.9 cm³/mol. The number of aromatic nitrogens is 2. The first-order chi connectivity index (χ1) is 6.25. The maximum absolute atomic E-state index is 5.64. The Hall–Kier alpha value is -1.09. The molecule has 2 aromatic heterocycles. The highest BCUT2D eigenvalue weighted by molar-refractivity contribution is 6.29. The van der Waals surface area contributed by atoms with Crippen LogP contribution in [0.1, 0.15) is 19.7 Å². The van der Waals surface area contributed by atoms with Gasteiger partial charge in [-0.25, -0.2) is 4.98 Å². The van der Waals surface area contributed by atoms with E-state index in [1.165, 1.54) is 0 Å². The first kappa shape index (κ1) is 9.99. The van der Waals surface area contributed by atoms with E-state index in [2.05, 4.69) is 9.97 Å². The molecule has 3 nitrogen and oxygen atoms in total. The van der Waals surface area contributed by atoms with Crippen molar-refractivity contribution in [1.29, 1.82) is 0 Å². The summed E-state index contributed by atoms with van der Waals surface area (Å²) < 4.78 is 5.19. The molecule has 0 aromatic carbocycles. The van der Waals surface area contributed by atoms with Crippen molar-refractivity contribution in [3.05, 3.63) is 23.2 Å². The van der Waals surface area contributed by atoms with E-state index in [0.29, 0.717) is 22.3 Å². The number of aryl methyl sites for hydroxylation is 1. The predicted octanol–water partition coefficient (Wildman–Crippen LogP) is 3.21. The molecule has 0 spiro atoms. The number of rotatable bonds is 0. The first-order valence-corrected chi connectivity index (χ1v) is 4.53. The molecular weight excluding hydrogens is 188 g/mol. The molecule has 2 aromatic rings. The quantitative estimate of drug-likeness (QED) is 0.611. The molecule has 0 aliphatic rings. The Morgan fingerprint density at radius 2 is 1.92 bits per heavy atom. The van der Waals surface area contributed by atoms with Crippen LogP contribution in [0.25, 0.3) is 11.2 Å². The van der Waals surface area contributed by atoms with Gasteiger partial charge in [-0.1, -0.05) is 25.4 Å². The van der Waals surface area contributed by atoms with Crippen molar-refractivity contribution in [2.24, 2.45) is 0 Å². The Labute approximate surface area is 81.8 Å². The lowest BCUT2D eigenvalue weighted by molar-refractivity contribution is 0.561. The van der Waals surface area contributed by atoms with Crippen molar-refractivity contribution in [3.63, 3.8) is 0 Å². The number of oxazole rings is 1. The van der Waals surface area contributed by atoms with E-state index in [1.54, 1.807) is 19.1 Å². The standard InChI is InChI=1S/C7H5ClN2O.C2H6/c1-4-9-7-5(11-4)2-3-6(8)10-7;1-2/h2-3H,1H3;1-2H3. The third kappa shape index (κ3) is 2.18.